The van der Waals surface area contributed by atoms with E-state index in [1.54, 1.807) is 0 Å². The maximum atomic E-state index is 11.5. The summed E-state index contributed by atoms with van der Waals surface area (Å²) in [5.41, 5.74) is 0.275. The molecule has 0 bridgehead atoms. The van der Waals surface area contributed by atoms with Gasteiger partial charge < -0.3 is 10.1 Å². The van der Waals surface area contributed by atoms with Gasteiger partial charge >= 0.3 is 0 Å². The molecule has 0 aromatic heterocycles. The van der Waals surface area contributed by atoms with Gasteiger partial charge in [0.1, 0.15) is 5.75 Å². The number of ketones is 1. The normalized spacial score (nSPS) is 14.1. The van der Waals surface area contributed by atoms with Crippen molar-refractivity contribution < 1.29 is 14.3 Å². The number of halogens is 2. The highest BCUT2D eigenvalue weighted by atomic mass is 35.5. The molecule has 0 spiro atoms. The lowest BCUT2D eigenvalue weighted by molar-refractivity contribution is -0.123. The first-order valence-electron chi connectivity index (χ1n) is 5.89. The van der Waals surface area contributed by atoms with Crippen LogP contribution < -0.4 is 10.1 Å². The molecule has 1 aromatic carbocycles. The van der Waals surface area contributed by atoms with Crippen molar-refractivity contribution in [2.75, 3.05) is 6.61 Å². The van der Waals surface area contributed by atoms with E-state index in [-0.39, 0.29) is 40.7 Å². The van der Waals surface area contributed by atoms with Crippen molar-refractivity contribution in [2.45, 2.75) is 25.8 Å². The fourth-order valence-electron chi connectivity index (χ4n) is 1.60. The number of carbonyl (C=O) groups excluding carboxylic acids is 2. The first kappa shape index (κ1) is 14.2. The summed E-state index contributed by atoms with van der Waals surface area (Å²) in [5.74, 6) is -0.241. The Labute approximate surface area is 121 Å². The third-order valence-corrected chi connectivity index (χ3v) is 3.18. The number of amides is 1. The fourth-order valence-corrected chi connectivity index (χ4v) is 2.15. The number of rotatable bonds is 5. The van der Waals surface area contributed by atoms with Crippen molar-refractivity contribution in [1.82, 2.24) is 5.32 Å². The van der Waals surface area contributed by atoms with Gasteiger partial charge in [-0.1, -0.05) is 23.2 Å². The number of nitrogens with one attached hydrogen (secondary N) is 1. The Hall–Kier alpha value is -1.26. The molecular formula is C13H13Cl2NO3. The standard InChI is InChI=1S/C13H13Cl2NO3/c1-7(17)10-4-8(14)5-11(15)13(10)19-6-12(18)16-9-2-3-9/h4-5,9H,2-3,6H2,1H3,(H,16,18). The van der Waals surface area contributed by atoms with E-state index >= 15 is 0 Å². The summed E-state index contributed by atoms with van der Waals surface area (Å²) in [5, 5.41) is 3.36. The number of carbonyl (C=O) groups is 2. The molecule has 0 unspecified atom stereocenters. The second kappa shape index (κ2) is 5.80. The van der Waals surface area contributed by atoms with Crippen LogP contribution in [0.15, 0.2) is 12.1 Å². The number of Topliss-reactive ketones (excluding diaryl/α,β-unsaturated/α-hetero) is 1. The van der Waals surface area contributed by atoms with Crippen LogP contribution in [0.1, 0.15) is 30.1 Å². The Morgan fingerprint density at radius 1 is 1.37 bits per heavy atom. The highest BCUT2D eigenvalue weighted by Gasteiger charge is 2.23. The molecule has 1 saturated carbocycles. The zero-order chi connectivity index (χ0) is 14.0. The zero-order valence-electron chi connectivity index (χ0n) is 10.3. The zero-order valence-corrected chi connectivity index (χ0v) is 11.8. The average Bonchev–Trinajstić information content (AvgIpc) is 3.10. The lowest BCUT2D eigenvalue weighted by Crippen LogP contribution is -2.30. The highest BCUT2D eigenvalue weighted by Crippen LogP contribution is 2.32. The van der Waals surface area contributed by atoms with Crippen LogP contribution in [0.5, 0.6) is 5.75 Å². The van der Waals surface area contributed by atoms with Gasteiger partial charge in [-0.25, -0.2) is 0 Å². The van der Waals surface area contributed by atoms with Gasteiger partial charge in [-0.15, -0.1) is 0 Å². The van der Waals surface area contributed by atoms with Crippen LogP contribution >= 0.6 is 23.2 Å². The van der Waals surface area contributed by atoms with Crippen LogP contribution in [-0.4, -0.2) is 24.3 Å². The topological polar surface area (TPSA) is 55.4 Å². The maximum Gasteiger partial charge on any atom is 0.258 e. The third kappa shape index (κ3) is 3.85. The average molecular weight is 302 g/mol. The van der Waals surface area contributed by atoms with Gasteiger partial charge in [-0.3, -0.25) is 9.59 Å². The van der Waals surface area contributed by atoms with Crippen LogP contribution in [0.4, 0.5) is 0 Å². The summed E-state index contributed by atoms with van der Waals surface area (Å²) in [4.78, 5) is 23.0. The van der Waals surface area contributed by atoms with Gasteiger partial charge in [0.15, 0.2) is 12.4 Å². The molecule has 6 heteroatoms. The highest BCUT2D eigenvalue weighted by molar-refractivity contribution is 6.36. The van der Waals surface area contributed by atoms with Gasteiger partial charge in [0, 0.05) is 11.1 Å². The number of ether oxygens (including phenoxy) is 1. The van der Waals surface area contributed by atoms with Gasteiger partial charge in [0.05, 0.1) is 10.6 Å². The van der Waals surface area contributed by atoms with Gasteiger partial charge in [-0.05, 0) is 31.9 Å². The largest absolute Gasteiger partial charge is 0.481 e. The molecule has 1 aliphatic rings. The predicted octanol–water partition coefficient (Wildman–Crippen LogP) is 2.85. The quantitative estimate of drug-likeness (QED) is 0.851. The Balaban J connectivity index is 2.09. The van der Waals surface area contributed by atoms with E-state index in [2.05, 4.69) is 5.32 Å². The molecule has 0 saturated heterocycles. The van der Waals surface area contributed by atoms with Gasteiger partial charge in [0.2, 0.25) is 0 Å². The van der Waals surface area contributed by atoms with E-state index in [9.17, 15) is 9.59 Å². The summed E-state index contributed by atoms with van der Waals surface area (Å²) >= 11 is 11.8. The van der Waals surface area contributed by atoms with Crippen LogP contribution in [0.25, 0.3) is 0 Å². The molecule has 1 amide bonds. The molecule has 1 aromatic rings. The Morgan fingerprint density at radius 3 is 2.63 bits per heavy atom. The van der Waals surface area contributed by atoms with E-state index in [1.165, 1.54) is 19.1 Å². The van der Waals surface area contributed by atoms with E-state index in [0.717, 1.165) is 12.8 Å². The van der Waals surface area contributed by atoms with Crippen molar-refractivity contribution in [3.05, 3.63) is 27.7 Å². The van der Waals surface area contributed by atoms with Gasteiger partial charge in [0.25, 0.3) is 5.91 Å². The molecule has 1 fully saturated rings. The minimum absolute atomic E-state index is 0.169. The summed E-state index contributed by atoms with van der Waals surface area (Å²) in [6, 6.07) is 3.22. The number of hydrogen-bond acceptors (Lipinski definition) is 3. The molecule has 19 heavy (non-hydrogen) atoms. The first-order chi connectivity index (χ1) is 8.97. The molecule has 2 rings (SSSR count). The minimum Gasteiger partial charge on any atom is -0.481 e. The number of benzene rings is 1. The van der Waals surface area contributed by atoms with Crippen LogP contribution in [0, 0.1) is 0 Å². The SMILES string of the molecule is CC(=O)c1cc(Cl)cc(Cl)c1OCC(=O)NC1CC1. The fraction of sp³-hybridized carbons (Fsp3) is 0.385. The third-order valence-electron chi connectivity index (χ3n) is 2.68. The smallest absolute Gasteiger partial charge is 0.258 e. The maximum absolute atomic E-state index is 11.5. The molecule has 4 nitrogen and oxygen atoms in total. The molecule has 102 valence electrons. The Morgan fingerprint density at radius 2 is 2.05 bits per heavy atom. The van der Waals surface area contributed by atoms with Crippen molar-refractivity contribution >= 4 is 34.9 Å². The molecule has 0 atom stereocenters. The summed E-state index contributed by atoms with van der Waals surface area (Å²) < 4.78 is 5.35. The lowest BCUT2D eigenvalue weighted by Gasteiger charge is -2.12. The Kier molecular flexibility index (Phi) is 4.32. The van der Waals surface area contributed by atoms with E-state index in [1.807, 2.05) is 0 Å². The monoisotopic (exact) mass is 301 g/mol. The number of hydrogen-bond donors (Lipinski definition) is 1. The second-order valence-corrected chi connectivity index (χ2v) is 5.29. The van der Waals surface area contributed by atoms with Crippen molar-refractivity contribution in [3.8, 4) is 5.75 Å². The van der Waals surface area contributed by atoms with E-state index in [0.29, 0.717) is 5.02 Å². The van der Waals surface area contributed by atoms with Crippen molar-refractivity contribution in [1.29, 1.82) is 0 Å². The first-order valence-corrected chi connectivity index (χ1v) is 6.65. The molecular weight excluding hydrogens is 289 g/mol. The van der Waals surface area contributed by atoms with Crippen LogP contribution in [-0.2, 0) is 4.79 Å². The summed E-state index contributed by atoms with van der Waals surface area (Å²) in [7, 11) is 0. The van der Waals surface area contributed by atoms with E-state index < -0.39 is 0 Å². The van der Waals surface area contributed by atoms with Crippen molar-refractivity contribution in [3.63, 3.8) is 0 Å². The van der Waals surface area contributed by atoms with E-state index in [4.69, 9.17) is 27.9 Å². The molecule has 1 aliphatic carbocycles. The summed E-state index contributed by atoms with van der Waals surface area (Å²) in [6.07, 6.45) is 2.01. The lowest BCUT2D eigenvalue weighted by atomic mass is 10.1. The van der Waals surface area contributed by atoms with Gasteiger partial charge in [-0.2, -0.15) is 0 Å². The second-order valence-electron chi connectivity index (χ2n) is 4.45. The summed E-state index contributed by atoms with van der Waals surface area (Å²) in [6.45, 7) is 1.22. The molecule has 0 heterocycles. The Bertz CT molecular complexity index is 527. The molecule has 0 radical (unpaired) electrons. The molecule has 1 N–H and O–H groups in total. The molecule has 0 aliphatic heterocycles. The van der Waals surface area contributed by atoms with Crippen LogP contribution in [0.2, 0.25) is 10.0 Å². The minimum atomic E-state index is -0.220. The van der Waals surface area contributed by atoms with Crippen LogP contribution in [0.3, 0.4) is 0 Å². The predicted molar refractivity (Wildman–Crippen MR) is 73.1 cm³/mol. The van der Waals surface area contributed by atoms with Crippen molar-refractivity contribution in [2.24, 2.45) is 0 Å².